The van der Waals surface area contributed by atoms with E-state index in [4.69, 9.17) is 5.26 Å². The van der Waals surface area contributed by atoms with E-state index >= 15 is 0 Å². The van der Waals surface area contributed by atoms with Gasteiger partial charge in [-0.1, -0.05) is 0 Å². The Labute approximate surface area is 77.0 Å². The number of halogens is 1. The number of rotatable bonds is 1. The van der Waals surface area contributed by atoms with Crippen LogP contribution in [0.3, 0.4) is 0 Å². The van der Waals surface area contributed by atoms with Crippen molar-refractivity contribution < 1.29 is 0 Å². The number of hydrogen-bond donors (Lipinski definition) is 0. The summed E-state index contributed by atoms with van der Waals surface area (Å²) in [4.78, 5) is 5.16. The minimum atomic E-state index is -0.163. The summed E-state index contributed by atoms with van der Waals surface area (Å²) in [7, 11) is 0. The maximum absolute atomic E-state index is 8.83. The fourth-order valence-corrected chi connectivity index (χ4v) is 2.48. The lowest BCUT2D eigenvalue weighted by molar-refractivity contribution is 0.931. The zero-order valence-corrected chi connectivity index (χ0v) is 8.07. The minimum absolute atomic E-state index is 0.163. The van der Waals surface area contributed by atoms with Gasteiger partial charge in [-0.25, -0.2) is 4.98 Å². The molecule has 1 aliphatic rings. The standard InChI is InChI=1S/C7H5BrN2S/c8-6-10-3-5(11-6)7(4-9)1-2-7/h3H,1-2H2. The van der Waals surface area contributed by atoms with Crippen molar-refractivity contribution in [3.63, 3.8) is 0 Å². The van der Waals surface area contributed by atoms with E-state index in [0.717, 1.165) is 21.6 Å². The number of nitrogens with zero attached hydrogens (tertiary/aromatic N) is 2. The van der Waals surface area contributed by atoms with Gasteiger partial charge in [0.1, 0.15) is 0 Å². The zero-order chi connectivity index (χ0) is 7.90. The van der Waals surface area contributed by atoms with E-state index in [1.807, 2.05) is 0 Å². The third kappa shape index (κ3) is 1.09. The summed E-state index contributed by atoms with van der Waals surface area (Å²) >= 11 is 4.84. The molecule has 2 rings (SSSR count). The smallest absolute Gasteiger partial charge is 0.159 e. The molecule has 4 heteroatoms. The maximum atomic E-state index is 8.83. The van der Waals surface area contributed by atoms with Crippen molar-refractivity contribution in [3.8, 4) is 6.07 Å². The molecule has 0 N–H and O–H groups in total. The average Bonchev–Trinajstić information content (AvgIpc) is 2.70. The van der Waals surface area contributed by atoms with E-state index in [2.05, 4.69) is 27.0 Å². The SMILES string of the molecule is N#CC1(c2cnc(Br)s2)CC1. The van der Waals surface area contributed by atoms with Gasteiger partial charge in [-0.2, -0.15) is 5.26 Å². The second-order valence-corrected chi connectivity index (χ2v) is 4.98. The Bertz CT molecular complexity index is 321. The van der Waals surface area contributed by atoms with E-state index in [-0.39, 0.29) is 5.41 Å². The van der Waals surface area contributed by atoms with Crippen LogP contribution in [0.5, 0.6) is 0 Å². The number of thiazole rings is 1. The first-order valence-corrected chi connectivity index (χ1v) is 4.91. The highest BCUT2D eigenvalue weighted by molar-refractivity contribution is 9.11. The normalized spacial score (nSPS) is 19.3. The van der Waals surface area contributed by atoms with Gasteiger partial charge >= 0.3 is 0 Å². The molecule has 1 saturated carbocycles. The predicted molar refractivity (Wildman–Crippen MR) is 46.3 cm³/mol. The first kappa shape index (κ1) is 7.26. The fraction of sp³-hybridized carbons (Fsp3) is 0.429. The molecule has 56 valence electrons. The van der Waals surface area contributed by atoms with Crippen LogP contribution in [0.25, 0.3) is 0 Å². The summed E-state index contributed by atoms with van der Waals surface area (Å²) in [6.45, 7) is 0. The van der Waals surface area contributed by atoms with Gasteiger partial charge in [0.15, 0.2) is 3.92 Å². The Kier molecular flexibility index (Phi) is 1.51. The van der Waals surface area contributed by atoms with Gasteiger partial charge in [0, 0.05) is 11.1 Å². The van der Waals surface area contributed by atoms with Crippen LogP contribution in [0.1, 0.15) is 17.7 Å². The molecule has 0 unspecified atom stereocenters. The molecule has 0 bridgehead atoms. The van der Waals surface area contributed by atoms with E-state index in [1.54, 1.807) is 17.5 Å². The molecule has 0 saturated heterocycles. The summed E-state index contributed by atoms with van der Waals surface area (Å²) in [6, 6.07) is 2.33. The molecule has 0 radical (unpaired) electrons. The first-order valence-electron chi connectivity index (χ1n) is 3.30. The predicted octanol–water partition coefficient (Wildman–Crippen LogP) is 2.46. The molecular weight excluding hydrogens is 224 g/mol. The molecule has 0 atom stereocenters. The molecule has 0 aromatic carbocycles. The molecule has 1 heterocycles. The molecule has 1 fully saturated rings. The average molecular weight is 229 g/mol. The topological polar surface area (TPSA) is 36.7 Å². The third-order valence-corrected chi connectivity index (χ3v) is 3.59. The quantitative estimate of drug-likeness (QED) is 0.741. The van der Waals surface area contributed by atoms with Crippen LogP contribution in [-0.4, -0.2) is 4.98 Å². The van der Waals surface area contributed by atoms with E-state index in [0.29, 0.717) is 0 Å². The molecule has 1 aromatic rings. The third-order valence-electron chi connectivity index (χ3n) is 1.91. The van der Waals surface area contributed by atoms with Gasteiger partial charge in [0.2, 0.25) is 0 Å². The summed E-state index contributed by atoms with van der Waals surface area (Å²) in [5, 5.41) is 8.83. The Morgan fingerprint density at radius 1 is 1.73 bits per heavy atom. The number of hydrogen-bond acceptors (Lipinski definition) is 3. The number of aromatic nitrogens is 1. The molecule has 1 aromatic heterocycles. The van der Waals surface area contributed by atoms with Crippen LogP contribution in [-0.2, 0) is 5.41 Å². The maximum Gasteiger partial charge on any atom is 0.159 e. The lowest BCUT2D eigenvalue weighted by Crippen LogP contribution is -1.97. The summed E-state index contributed by atoms with van der Waals surface area (Å²) in [5.41, 5.74) is -0.163. The van der Waals surface area contributed by atoms with Crippen LogP contribution in [0, 0.1) is 11.3 Å². The largest absolute Gasteiger partial charge is 0.237 e. The van der Waals surface area contributed by atoms with Crippen molar-refractivity contribution in [3.05, 3.63) is 15.0 Å². The fourth-order valence-electron chi connectivity index (χ4n) is 1.01. The van der Waals surface area contributed by atoms with Crippen molar-refractivity contribution >= 4 is 27.3 Å². The van der Waals surface area contributed by atoms with Crippen LogP contribution in [0.15, 0.2) is 10.1 Å². The highest BCUT2D eigenvalue weighted by atomic mass is 79.9. The first-order chi connectivity index (χ1) is 5.27. The van der Waals surface area contributed by atoms with Gasteiger partial charge in [0.25, 0.3) is 0 Å². The highest BCUT2D eigenvalue weighted by Crippen LogP contribution is 2.49. The molecule has 0 spiro atoms. The second kappa shape index (κ2) is 2.29. The Hall–Kier alpha value is -0.400. The monoisotopic (exact) mass is 228 g/mol. The van der Waals surface area contributed by atoms with Crippen LogP contribution < -0.4 is 0 Å². The molecule has 0 aliphatic heterocycles. The molecule has 1 aliphatic carbocycles. The van der Waals surface area contributed by atoms with Crippen molar-refractivity contribution in [2.24, 2.45) is 0 Å². The van der Waals surface area contributed by atoms with Crippen LogP contribution in [0.2, 0.25) is 0 Å². The molecule has 11 heavy (non-hydrogen) atoms. The van der Waals surface area contributed by atoms with Gasteiger partial charge in [-0.3, -0.25) is 0 Å². The van der Waals surface area contributed by atoms with Crippen LogP contribution >= 0.6 is 27.3 Å². The lowest BCUT2D eigenvalue weighted by Gasteiger charge is -1.96. The van der Waals surface area contributed by atoms with Crippen molar-refractivity contribution in [1.82, 2.24) is 4.98 Å². The lowest BCUT2D eigenvalue weighted by atomic mass is 10.1. The van der Waals surface area contributed by atoms with Gasteiger partial charge in [-0.05, 0) is 28.8 Å². The van der Waals surface area contributed by atoms with Crippen LogP contribution in [0.4, 0.5) is 0 Å². The van der Waals surface area contributed by atoms with Crippen molar-refractivity contribution in [2.75, 3.05) is 0 Å². The summed E-state index contributed by atoms with van der Waals surface area (Å²) in [5.74, 6) is 0. The second-order valence-electron chi connectivity index (χ2n) is 2.67. The number of nitriles is 1. The Morgan fingerprint density at radius 3 is 2.82 bits per heavy atom. The molecule has 0 amide bonds. The van der Waals surface area contributed by atoms with E-state index in [1.165, 1.54) is 0 Å². The Morgan fingerprint density at radius 2 is 2.45 bits per heavy atom. The summed E-state index contributed by atoms with van der Waals surface area (Å²) in [6.07, 6.45) is 3.79. The van der Waals surface area contributed by atoms with E-state index in [9.17, 15) is 0 Å². The van der Waals surface area contributed by atoms with Gasteiger partial charge in [0.05, 0.1) is 11.5 Å². The van der Waals surface area contributed by atoms with Crippen molar-refractivity contribution in [1.29, 1.82) is 5.26 Å². The molecular formula is C7H5BrN2S. The minimum Gasteiger partial charge on any atom is -0.237 e. The van der Waals surface area contributed by atoms with Gasteiger partial charge < -0.3 is 0 Å². The molecule has 2 nitrogen and oxygen atoms in total. The van der Waals surface area contributed by atoms with E-state index < -0.39 is 0 Å². The Balaban J connectivity index is 2.38. The zero-order valence-electron chi connectivity index (χ0n) is 5.67. The summed E-state index contributed by atoms with van der Waals surface area (Å²) < 4.78 is 0.869. The van der Waals surface area contributed by atoms with Crippen molar-refractivity contribution in [2.45, 2.75) is 18.3 Å². The highest BCUT2D eigenvalue weighted by Gasteiger charge is 2.46. The van der Waals surface area contributed by atoms with Gasteiger partial charge in [-0.15, -0.1) is 11.3 Å².